The van der Waals surface area contributed by atoms with Crippen LogP contribution in [0.4, 0.5) is 5.95 Å². The number of H-pyrrole nitrogens is 1. The second-order valence-electron chi connectivity index (χ2n) is 5.18. The lowest BCUT2D eigenvalue weighted by molar-refractivity contribution is 0.0871. The Labute approximate surface area is 105 Å². The molecule has 2 fully saturated rings. The Hall–Kier alpha value is -1.56. The van der Waals surface area contributed by atoms with Crippen molar-refractivity contribution in [1.82, 2.24) is 15.3 Å². The number of hydrogen-bond acceptors (Lipinski definition) is 4. The van der Waals surface area contributed by atoms with Crippen molar-refractivity contribution in [1.29, 1.82) is 0 Å². The quantitative estimate of drug-likeness (QED) is 0.732. The number of anilines is 1. The zero-order valence-corrected chi connectivity index (χ0v) is 10.4. The Morgan fingerprint density at radius 2 is 2.44 bits per heavy atom. The predicted molar refractivity (Wildman–Crippen MR) is 66.1 cm³/mol. The Morgan fingerprint density at radius 1 is 1.61 bits per heavy atom. The average molecular weight is 250 g/mol. The van der Waals surface area contributed by atoms with E-state index in [1.807, 2.05) is 0 Å². The molecule has 0 unspecified atom stereocenters. The number of aromatic nitrogens is 2. The van der Waals surface area contributed by atoms with E-state index < -0.39 is 0 Å². The molecule has 6 heteroatoms. The van der Waals surface area contributed by atoms with Crippen molar-refractivity contribution in [3.8, 4) is 0 Å². The highest BCUT2D eigenvalue weighted by atomic mass is 16.5. The van der Waals surface area contributed by atoms with Crippen LogP contribution in [0.25, 0.3) is 0 Å². The van der Waals surface area contributed by atoms with Gasteiger partial charge in [0, 0.05) is 18.2 Å². The molecule has 3 heterocycles. The maximum atomic E-state index is 12.0. The molecule has 18 heavy (non-hydrogen) atoms. The second-order valence-corrected chi connectivity index (χ2v) is 5.18. The summed E-state index contributed by atoms with van der Waals surface area (Å²) in [7, 11) is 0. The predicted octanol–water partition coefficient (Wildman–Crippen LogP) is 0.598. The highest BCUT2D eigenvalue weighted by molar-refractivity contribution is 5.93. The molecule has 1 amide bonds. The second kappa shape index (κ2) is 4.28. The molecule has 98 valence electrons. The number of nitrogens with one attached hydrogen (secondary N) is 2. The van der Waals surface area contributed by atoms with Crippen molar-refractivity contribution in [3.63, 3.8) is 0 Å². The van der Waals surface area contributed by atoms with E-state index in [1.54, 1.807) is 6.92 Å². The molecule has 0 aliphatic carbocycles. The molecule has 3 rings (SSSR count). The first-order chi connectivity index (χ1) is 8.63. The van der Waals surface area contributed by atoms with Gasteiger partial charge in [0.05, 0.1) is 12.2 Å². The molecule has 2 saturated heterocycles. The topological polar surface area (TPSA) is 93.0 Å². The summed E-state index contributed by atoms with van der Waals surface area (Å²) in [5, 5.41) is 2.92. The number of carbonyl (C=O) groups is 1. The molecule has 0 saturated carbocycles. The van der Waals surface area contributed by atoms with Crippen molar-refractivity contribution in [2.45, 2.75) is 38.4 Å². The number of ether oxygens (including phenoxy) is 1. The molecular formula is C12H18N4O2. The van der Waals surface area contributed by atoms with Crippen LogP contribution in [-0.4, -0.2) is 34.6 Å². The monoisotopic (exact) mass is 250 g/mol. The number of nitrogen functional groups attached to an aromatic ring is 1. The minimum atomic E-state index is -0.164. The van der Waals surface area contributed by atoms with Gasteiger partial charge in [0.2, 0.25) is 0 Å². The van der Waals surface area contributed by atoms with Crippen LogP contribution in [0.3, 0.4) is 0 Å². The molecule has 2 aliphatic rings. The largest absolute Gasteiger partial charge is 0.375 e. The average Bonchev–Trinajstić information content (AvgIpc) is 3.01. The fourth-order valence-electron chi connectivity index (χ4n) is 2.97. The number of imidazole rings is 1. The Morgan fingerprint density at radius 3 is 3.00 bits per heavy atom. The summed E-state index contributed by atoms with van der Waals surface area (Å²) in [5.74, 6) is 0.563. The van der Waals surface area contributed by atoms with Crippen molar-refractivity contribution < 1.29 is 9.53 Å². The van der Waals surface area contributed by atoms with Crippen LogP contribution in [0.15, 0.2) is 0 Å². The van der Waals surface area contributed by atoms with E-state index in [0.717, 1.165) is 12.8 Å². The molecule has 0 spiro atoms. The van der Waals surface area contributed by atoms with Crippen LogP contribution in [0.1, 0.15) is 35.4 Å². The first-order valence-electron chi connectivity index (χ1n) is 6.39. The molecule has 3 atom stereocenters. The van der Waals surface area contributed by atoms with Crippen LogP contribution in [0, 0.1) is 12.8 Å². The molecule has 0 radical (unpaired) electrons. The lowest BCUT2D eigenvalue weighted by Gasteiger charge is -2.18. The van der Waals surface area contributed by atoms with E-state index in [1.165, 1.54) is 6.42 Å². The number of rotatable bonds is 3. The molecule has 1 aromatic heterocycles. The first-order valence-corrected chi connectivity index (χ1v) is 6.39. The van der Waals surface area contributed by atoms with Crippen LogP contribution in [0.5, 0.6) is 0 Å². The van der Waals surface area contributed by atoms with Crippen molar-refractivity contribution in [3.05, 3.63) is 11.4 Å². The number of fused-ring (bicyclic) bond motifs is 2. The van der Waals surface area contributed by atoms with E-state index in [0.29, 0.717) is 36.1 Å². The van der Waals surface area contributed by atoms with Crippen molar-refractivity contribution in [2.75, 3.05) is 12.3 Å². The standard InChI is InChI=1S/C12H18N4O2/c1-6-10(16-12(13)15-6)11(17)14-5-7-4-8-2-3-9(7)18-8/h7-9H,2-5H2,1H3,(H,14,17)(H3,13,15,16)/t7-,8-,9+/m0/s1. The third-order valence-corrected chi connectivity index (χ3v) is 3.87. The Kier molecular flexibility index (Phi) is 2.74. The highest BCUT2D eigenvalue weighted by Crippen LogP contribution is 2.38. The van der Waals surface area contributed by atoms with Gasteiger partial charge in [-0.3, -0.25) is 4.79 Å². The van der Waals surface area contributed by atoms with Gasteiger partial charge in [0.15, 0.2) is 11.6 Å². The number of nitrogens with two attached hydrogens (primary N) is 1. The van der Waals surface area contributed by atoms with E-state index >= 15 is 0 Å². The third-order valence-electron chi connectivity index (χ3n) is 3.87. The lowest BCUT2D eigenvalue weighted by atomic mass is 9.89. The summed E-state index contributed by atoms with van der Waals surface area (Å²) in [4.78, 5) is 18.8. The minimum absolute atomic E-state index is 0.164. The van der Waals surface area contributed by atoms with Gasteiger partial charge in [-0.1, -0.05) is 0 Å². The van der Waals surface area contributed by atoms with E-state index in [4.69, 9.17) is 10.5 Å². The highest BCUT2D eigenvalue weighted by Gasteiger charge is 2.40. The van der Waals surface area contributed by atoms with Crippen LogP contribution in [0.2, 0.25) is 0 Å². The van der Waals surface area contributed by atoms with Gasteiger partial charge >= 0.3 is 0 Å². The van der Waals surface area contributed by atoms with Crippen LogP contribution in [-0.2, 0) is 4.74 Å². The number of carbonyl (C=O) groups excluding carboxylic acids is 1. The van der Waals surface area contributed by atoms with Gasteiger partial charge in [-0.25, -0.2) is 4.98 Å². The zero-order valence-electron chi connectivity index (χ0n) is 10.4. The smallest absolute Gasteiger partial charge is 0.271 e. The molecule has 2 bridgehead atoms. The van der Waals surface area contributed by atoms with E-state index in [9.17, 15) is 4.79 Å². The van der Waals surface area contributed by atoms with Gasteiger partial charge in [0.25, 0.3) is 5.91 Å². The number of amides is 1. The van der Waals surface area contributed by atoms with Crippen molar-refractivity contribution in [2.24, 2.45) is 5.92 Å². The molecular weight excluding hydrogens is 232 g/mol. The fourth-order valence-corrected chi connectivity index (χ4v) is 2.97. The van der Waals surface area contributed by atoms with Gasteiger partial charge in [-0.05, 0) is 26.2 Å². The summed E-state index contributed by atoms with van der Waals surface area (Å²) >= 11 is 0. The molecule has 1 aromatic rings. The normalized spacial score (nSPS) is 29.7. The number of aryl methyl sites for hydroxylation is 1. The number of hydrogen-bond donors (Lipinski definition) is 3. The number of nitrogens with zero attached hydrogens (tertiary/aromatic N) is 1. The Balaban J connectivity index is 1.57. The van der Waals surface area contributed by atoms with Crippen LogP contribution < -0.4 is 11.1 Å². The van der Waals surface area contributed by atoms with Gasteiger partial charge in [0.1, 0.15) is 0 Å². The zero-order chi connectivity index (χ0) is 12.7. The molecule has 2 aliphatic heterocycles. The summed E-state index contributed by atoms with van der Waals surface area (Å²) in [5.41, 5.74) is 6.61. The van der Waals surface area contributed by atoms with E-state index in [2.05, 4.69) is 15.3 Å². The summed E-state index contributed by atoms with van der Waals surface area (Å²) in [6.07, 6.45) is 4.11. The first kappa shape index (κ1) is 11.5. The van der Waals surface area contributed by atoms with E-state index in [-0.39, 0.29) is 11.9 Å². The summed E-state index contributed by atoms with van der Waals surface area (Å²) in [6.45, 7) is 2.45. The summed E-state index contributed by atoms with van der Waals surface area (Å²) < 4.78 is 5.76. The lowest BCUT2D eigenvalue weighted by Crippen LogP contribution is -2.34. The third kappa shape index (κ3) is 1.96. The Bertz CT molecular complexity index is 471. The van der Waals surface area contributed by atoms with Crippen molar-refractivity contribution >= 4 is 11.9 Å². The minimum Gasteiger partial charge on any atom is -0.375 e. The number of aromatic amines is 1. The maximum absolute atomic E-state index is 12.0. The van der Waals surface area contributed by atoms with Gasteiger partial charge in [-0.15, -0.1) is 0 Å². The van der Waals surface area contributed by atoms with Gasteiger partial charge < -0.3 is 20.8 Å². The maximum Gasteiger partial charge on any atom is 0.271 e. The molecule has 4 N–H and O–H groups in total. The van der Waals surface area contributed by atoms with Crippen LogP contribution >= 0.6 is 0 Å². The summed E-state index contributed by atoms with van der Waals surface area (Å²) in [6, 6.07) is 0. The SMILES string of the molecule is Cc1[nH]c(N)nc1C(=O)NC[C@@H]1C[C@@H]2CC[C@H]1O2. The van der Waals surface area contributed by atoms with Gasteiger partial charge in [-0.2, -0.15) is 0 Å². The fraction of sp³-hybridized carbons (Fsp3) is 0.667. The molecule has 6 nitrogen and oxygen atoms in total. The molecule has 0 aromatic carbocycles.